The minimum Gasteiger partial charge on any atom is -0.368 e. The van der Waals surface area contributed by atoms with Crippen LogP contribution in [0, 0.1) is 0 Å². The number of halogens is 1. The van der Waals surface area contributed by atoms with Crippen LogP contribution in [-0.4, -0.2) is 42.6 Å². The van der Waals surface area contributed by atoms with Gasteiger partial charge in [0, 0.05) is 25.7 Å². The van der Waals surface area contributed by atoms with Gasteiger partial charge in [0.15, 0.2) is 0 Å². The Labute approximate surface area is 103 Å². The number of piperidine rings is 1. The summed E-state index contributed by atoms with van der Waals surface area (Å²) in [5.41, 5.74) is 5.86. The van der Waals surface area contributed by atoms with Crippen molar-refractivity contribution in [1.29, 1.82) is 0 Å². The highest BCUT2D eigenvalue weighted by Gasteiger charge is 2.29. The third-order valence-electron chi connectivity index (χ3n) is 3.22. The summed E-state index contributed by atoms with van der Waals surface area (Å²) >= 11 is 0. The highest BCUT2D eigenvalue weighted by molar-refractivity contribution is 5.85. The zero-order valence-corrected chi connectivity index (χ0v) is 10.4. The molecule has 2 heterocycles. The molecule has 0 aromatic heterocycles. The van der Waals surface area contributed by atoms with Crippen LogP contribution in [0.3, 0.4) is 0 Å². The predicted octanol–water partition coefficient (Wildman–Crippen LogP) is 0.927. The first-order valence-corrected chi connectivity index (χ1v) is 5.93. The molecular weight excluding hydrogens is 228 g/mol. The monoisotopic (exact) mass is 248 g/mol. The molecule has 5 heteroatoms. The van der Waals surface area contributed by atoms with E-state index in [9.17, 15) is 4.79 Å². The fraction of sp³-hybridized carbons (Fsp3) is 0.909. The SMILES string of the molecule is Cl.NC1CCCN(C(=O)C2CCCCO2)C1. The zero-order valence-electron chi connectivity index (χ0n) is 9.56. The Morgan fingerprint density at radius 1 is 1.25 bits per heavy atom. The molecule has 16 heavy (non-hydrogen) atoms. The van der Waals surface area contributed by atoms with Crippen molar-refractivity contribution >= 4 is 18.3 Å². The molecule has 2 atom stereocenters. The van der Waals surface area contributed by atoms with Gasteiger partial charge in [0.2, 0.25) is 0 Å². The molecule has 0 radical (unpaired) electrons. The van der Waals surface area contributed by atoms with Crippen LogP contribution in [-0.2, 0) is 9.53 Å². The topological polar surface area (TPSA) is 55.6 Å². The van der Waals surface area contributed by atoms with Gasteiger partial charge in [-0.15, -0.1) is 12.4 Å². The summed E-state index contributed by atoms with van der Waals surface area (Å²) in [6, 6.07) is 0.159. The molecule has 2 fully saturated rings. The van der Waals surface area contributed by atoms with E-state index in [1.165, 1.54) is 0 Å². The van der Waals surface area contributed by atoms with Crippen molar-refractivity contribution in [3.63, 3.8) is 0 Å². The molecule has 2 unspecified atom stereocenters. The van der Waals surface area contributed by atoms with Crippen molar-refractivity contribution in [2.24, 2.45) is 5.73 Å². The lowest BCUT2D eigenvalue weighted by Crippen LogP contribution is -2.50. The molecule has 2 saturated heterocycles. The number of nitrogens with zero attached hydrogens (tertiary/aromatic N) is 1. The molecule has 1 amide bonds. The molecule has 0 saturated carbocycles. The summed E-state index contributed by atoms with van der Waals surface area (Å²) in [5.74, 6) is 0.157. The minimum atomic E-state index is -0.191. The van der Waals surface area contributed by atoms with E-state index in [1.807, 2.05) is 4.90 Å². The van der Waals surface area contributed by atoms with Gasteiger partial charge in [-0.1, -0.05) is 0 Å². The van der Waals surface area contributed by atoms with Crippen LogP contribution in [0.25, 0.3) is 0 Å². The fourth-order valence-electron chi connectivity index (χ4n) is 2.35. The summed E-state index contributed by atoms with van der Waals surface area (Å²) in [6.45, 7) is 2.29. The van der Waals surface area contributed by atoms with E-state index >= 15 is 0 Å². The highest BCUT2D eigenvalue weighted by Crippen LogP contribution is 2.17. The molecular formula is C11H21ClN2O2. The number of rotatable bonds is 1. The van der Waals surface area contributed by atoms with Crippen molar-refractivity contribution in [3.8, 4) is 0 Å². The molecule has 94 valence electrons. The average molecular weight is 249 g/mol. The normalized spacial score (nSPS) is 30.7. The molecule has 2 N–H and O–H groups in total. The molecule has 4 nitrogen and oxygen atoms in total. The summed E-state index contributed by atoms with van der Waals surface area (Å²) in [4.78, 5) is 13.9. The standard InChI is InChI=1S/C11H20N2O2.ClH/c12-9-4-3-6-13(8-9)11(14)10-5-1-2-7-15-10;/h9-10H,1-8,12H2;1H. The Hall–Kier alpha value is -0.320. The summed E-state index contributed by atoms with van der Waals surface area (Å²) in [7, 11) is 0. The number of hydrogen-bond acceptors (Lipinski definition) is 3. The molecule has 0 aromatic rings. The smallest absolute Gasteiger partial charge is 0.251 e. The Balaban J connectivity index is 0.00000128. The lowest BCUT2D eigenvalue weighted by molar-refractivity contribution is -0.147. The van der Waals surface area contributed by atoms with Crippen molar-refractivity contribution in [3.05, 3.63) is 0 Å². The summed E-state index contributed by atoms with van der Waals surface area (Å²) in [6.07, 6.45) is 4.95. The Morgan fingerprint density at radius 2 is 2.06 bits per heavy atom. The first-order valence-electron chi connectivity index (χ1n) is 5.93. The second-order valence-corrected chi connectivity index (χ2v) is 4.54. The molecule has 0 bridgehead atoms. The molecule has 2 aliphatic heterocycles. The average Bonchev–Trinajstić information content (AvgIpc) is 2.29. The number of carbonyl (C=O) groups excluding carboxylic acids is 1. The fourth-order valence-corrected chi connectivity index (χ4v) is 2.35. The number of nitrogens with two attached hydrogens (primary N) is 1. The second kappa shape index (κ2) is 6.42. The first-order chi connectivity index (χ1) is 7.27. The van der Waals surface area contributed by atoms with Crippen LogP contribution in [0.4, 0.5) is 0 Å². The Morgan fingerprint density at radius 3 is 2.69 bits per heavy atom. The number of hydrogen-bond donors (Lipinski definition) is 1. The maximum absolute atomic E-state index is 12.0. The maximum atomic E-state index is 12.0. The number of carbonyl (C=O) groups is 1. The van der Waals surface area contributed by atoms with Gasteiger partial charge in [0.1, 0.15) is 6.10 Å². The third kappa shape index (κ3) is 3.34. The van der Waals surface area contributed by atoms with E-state index in [-0.39, 0.29) is 30.5 Å². The maximum Gasteiger partial charge on any atom is 0.251 e. The first kappa shape index (κ1) is 13.7. The van der Waals surface area contributed by atoms with Crippen molar-refractivity contribution < 1.29 is 9.53 Å². The van der Waals surface area contributed by atoms with Crippen molar-refractivity contribution in [2.75, 3.05) is 19.7 Å². The van der Waals surface area contributed by atoms with Gasteiger partial charge in [0.05, 0.1) is 0 Å². The van der Waals surface area contributed by atoms with Crippen molar-refractivity contribution in [1.82, 2.24) is 4.90 Å². The van der Waals surface area contributed by atoms with E-state index in [0.29, 0.717) is 6.54 Å². The summed E-state index contributed by atoms with van der Waals surface area (Å²) < 4.78 is 5.50. The lowest BCUT2D eigenvalue weighted by atomic mass is 10.0. The quantitative estimate of drug-likeness (QED) is 0.751. The lowest BCUT2D eigenvalue weighted by Gasteiger charge is -2.34. The second-order valence-electron chi connectivity index (χ2n) is 4.54. The van der Waals surface area contributed by atoms with Crippen LogP contribution in [0.15, 0.2) is 0 Å². The molecule has 0 aliphatic carbocycles. The summed E-state index contributed by atoms with van der Waals surface area (Å²) in [5, 5.41) is 0. The molecule has 0 aromatic carbocycles. The van der Waals surface area contributed by atoms with Gasteiger partial charge in [-0.3, -0.25) is 4.79 Å². The van der Waals surface area contributed by atoms with Gasteiger partial charge in [-0.05, 0) is 32.1 Å². The van der Waals surface area contributed by atoms with Crippen LogP contribution < -0.4 is 5.73 Å². The Bertz CT molecular complexity index is 232. The van der Waals surface area contributed by atoms with Gasteiger partial charge in [-0.25, -0.2) is 0 Å². The molecule has 2 aliphatic rings. The largest absolute Gasteiger partial charge is 0.368 e. The van der Waals surface area contributed by atoms with Gasteiger partial charge in [0.25, 0.3) is 5.91 Å². The Kier molecular flexibility index (Phi) is 5.52. The number of amides is 1. The van der Waals surface area contributed by atoms with E-state index in [4.69, 9.17) is 10.5 Å². The number of ether oxygens (including phenoxy) is 1. The number of likely N-dealkylation sites (tertiary alicyclic amines) is 1. The minimum absolute atomic E-state index is 0. The van der Waals surface area contributed by atoms with Gasteiger partial charge >= 0.3 is 0 Å². The van der Waals surface area contributed by atoms with Crippen LogP contribution in [0.1, 0.15) is 32.1 Å². The third-order valence-corrected chi connectivity index (χ3v) is 3.22. The predicted molar refractivity (Wildman–Crippen MR) is 64.6 cm³/mol. The van der Waals surface area contributed by atoms with Crippen LogP contribution in [0.2, 0.25) is 0 Å². The van der Waals surface area contributed by atoms with Gasteiger partial charge < -0.3 is 15.4 Å². The van der Waals surface area contributed by atoms with Crippen LogP contribution >= 0.6 is 12.4 Å². The molecule has 2 rings (SSSR count). The van der Waals surface area contributed by atoms with Crippen LogP contribution in [0.5, 0.6) is 0 Å². The van der Waals surface area contributed by atoms with E-state index in [1.54, 1.807) is 0 Å². The van der Waals surface area contributed by atoms with E-state index < -0.39 is 0 Å². The van der Waals surface area contributed by atoms with E-state index in [2.05, 4.69) is 0 Å². The van der Waals surface area contributed by atoms with Crippen molar-refractivity contribution in [2.45, 2.75) is 44.2 Å². The zero-order chi connectivity index (χ0) is 10.7. The molecule has 0 spiro atoms. The highest BCUT2D eigenvalue weighted by atomic mass is 35.5. The van der Waals surface area contributed by atoms with Gasteiger partial charge in [-0.2, -0.15) is 0 Å². The van der Waals surface area contributed by atoms with E-state index in [0.717, 1.165) is 45.3 Å².